The molecule has 0 unspecified atom stereocenters. The summed E-state index contributed by atoms with van der Waals surface area (Å²) < 4.78 is 43.0. The molecule has 2 aliphatic rings. The van der Waals surface area contributed by atoms with Crippen molar-refractivity contribution < 1.29 is 18.0 Å². The van der Waals surface area contributed by atoms with Gasteiger partial charge in [0.1, 0.15) is 0 Å². The Hall–Kier alpha value is -1.90. The van der Waals surface area contributed by atoms with Crippen molar-refractivity contribution in [2.45, 2.75) is 38.4 Å². The van der Waals surface area contributed by atoms with Gasteiger partial charge in [0, 0.05) is 49.0 Å². The lowest BCUT2D eigenvalue weighted by Gasteiger charge is -2.32. The largest absolute Gasteiger partial charge is 0.416 e. The van der Waals surface area contributed by atoms with Crippen molar-refractivity contribution in [1.29, 1.82) is 0 Å². The van der Waals surface area contributed by atoms with Crippen LogP contribution in [0.1, 0.15) is 46.3 Å². The molecule has 4 rings (SSSR count). The van der Waals surface area contributed by atoms with E-state index in [1.807, 2.05) is 17.0 Å². The Morgan fingerprint density at radius 3 is 2.62 bits per heavy atom. The van der Waals surface area contributed by atoms with Crippen LogP contribution in [0.15, 0.2) is 36.4 Å². The molecular formula is C25H29ClF3N3OS. The Labute approximate surface area is 208 Å². The summed E-state index contributed by atoms with van der Waals surface area (Å²) in [5.41, 5.74) is 1.97. The van der Waals surface area contributed by atoms with Crippen LogP contribution < -0.4 is 10.2 Å². The molecule has 0 radical (unpaired) electrons. The maximum absolute atomic E-state index is 13.5. The van der Waals surface area contributed by atoms with Crippen LogP contribution in [0.5, 0.6) is 0 Å². The standard InChI is InChI=1S/C25H29ClF3N3OS/c1-34-32-11-8-17(9-12-32)15-30-24(33)19-5-7-23-18(13-19)3-2-10-31(23)16-20-4-6-21(26)14-22(20)25(27,28)29/h4-7,13-14,17H,2-3,8-12,15-16H2,1H3,(H,30,33). The monoisotopic (exact) mass is 511 g/mol. The van der Waals surface area contributed by atoms with Gasteiger partial charge in [-0.25, -0.2) is 0 Å². The van der Waals surface area contributed by atoms with E-state index in [9.17, 15) is 18.0 Å². The third-order valence-electron chi connectivity index (χ3n) is 6.68. The molecule has 0 saturated carbocycles. The van der Waals surface area contributed by atoms with Gasteiger partial charge in [-0.2, -0.15) is 13.2 Å². The number of carbonyl (C=O) groups excluding carboxylic acids is 1. The summed E-state index contributed by atoms with van der Waals surface area (Å²) in [7, 11) is 0. The van der Waals surface area contributed by atoms with Crippen LogP contribution in [0, 0.1) is 5.92 Å². The third kappa shape index (κ3) is 6.01. The van der Waals surface area contributed by atoms with Gasteiger partial charge in [-0.1, -0.05) is 29.6 Å². The Morgan fingerprint density at radius 2 is 1.91 bits per heavy atom. The molecule has 2 aliphatic heterocycles. The number of hydrogen-bond donors (Lipinski definition) is 1. The Balaban J connectivity index is 1.43. The van der Waals surface area contributed by atoms with Gasteiger partial charge in [-0.05, 0) is 79.3 Å². The molecule has 2 heterocycles. The number of carbonyl (C=O) groups is 1. The maximum Gasteiger partial charge on any atom is 0.416 e. The number of nitrogens with zero attached hydrogens (tertiary/aromatic N) is 2. The Bertz CT molecular complexity index is 1020. The summed E-state index contributed by atoms with van der Waals surface area (Å²) in [5.74, 6) is 0.395. The van der Waals surface area contributed by atoms with Gasteiger partial charge in [0.25, 0.3) is 5.91 Å². The molecule has 1 amide bonds. The molecule has 1 N–H and O–H groups in total. The lowest BCUT2D eigenvalue weighted by molar-refractivity contribution is -0.138. The van der Waals surface area contributed by atoms with Gasteiger partial charge in [-0.15, -0.1) is 0 Å². The summed E-state index contributed by atoms with van der Waals surface area (Å²) in [6.07, 6.45) is 1.39. The number of anilines is 1. The average Bonchev–Trinajstić information content (AvgIpc) is 2.83. The number of halogens is 4. The van der Waals surface area contributed by atoms with Crippen molar-refractivity contribution >= 4 is 35.1 Å². The molecule has 0 aromatic heterocycles. The zero-order valence-corrected chi connectivity index (χ0v) is 20.7. The molecule has 184 valence electrons. The number of aryl methyl sites for hydroxylation is 1. The van der Waals surface area contributed by atoms with Crippen LogP contribution in [0.2, 0.25) is 5.02 Å². The predicted octanol–water partition coefficient (Wildman–Crippen LogP) is 6.03. The van der Waals surface area contributed by atoms with Crippen LogP contribution in [0.25, 0.3) is 0 Å². The minimum absolute atomic E-state index is 0.0700. The smallest absolute Gasteiger partial charge is 0.367 e. The molecule has 9 heteroatoms. The molecule has 1 saturated heterocycles. The first kappa shape index (κ1) is 25.2. The number of piperidine rings is 1. The van der Waals surface area contributed by atoms with E-state index in [0.717, 1.165) is 56.1 Å². The number of fused-ring (bicyclic) bond motifs is 1. The molecule has 4 nitrogen and oxygen atoms in total. The van der Waals surface area contributed by atoms with E-state index in [4.69, 9.17) is 11.6 Å². The van der Waals surface area contributed by atoms with Gasteiger partial charge in [0.2, 0.25) is 0 Å². The van der Waals surface area contributed by atoms with E-state index in [-0.39, 0.29) is 23.0 Å². The highest BCUT2D eigenvalue weighted by molar-refractivity contribution is 7.96. The highest BCUT2D eigenvalue weighted by Gasteiger charge is 2.34. The quantitative estimate of drug-likeness (QED) is 0.480. The van der Waals surface area contributed by atoms with Crippen molar-refractivity contribution in [2.75, 3.05) is 37.3 Å². The number of alkyl halides is 3. The molecule has 2 aromatic carbocycles. The number of amides is 1. The predicted molar refractivity (Wildman–Crippen MR) is 132 cm³/mol. The lowest BCUT2D eigenvalue weighted by Crippen LogP contribution is -2.36. The van der Waals surface area contributed by atoms with Crippen molar-refractivity contribution in [3.63, 3.8) is 0 Å². The number of nitrogens with one attached hydrogen (secondary N) is 1. The van der Waals surface area contributed by atoms with E-state index in [2.05, 4.69) is 15.9 Å². The average molecular weight is 512 g/mol. The normalized spacial score (nSPS) is 17.5. The topological polar surface area (TPSA) is 35.6 Å². The van der Waals surface area contributed by atoms with Crippen LogP contribution in [-0.4, -0.2) is 42.6 Å². The van der Waals surface area contributed by atoms with Crippen LogP contribution in [-0.2, 0) is 19.1 Å². The van der Waals surface area contributed by atoms with Crippen LogP contribution in [0.3, 0.4) is 0 Å². The summed E-state index contributed by atoms with van der Waals surface area (Å²) in [4.78, 5) is 14.7. The fourth-order valence-corrected chi connectivity index (χ4v) is 5.52. The van der Waals surface area contributed by atoms with Gasteiger partial charge in [0.05, 0.1) is 5.56 Å². The first-order valence-electron chi connectivity index (χ1n) is 11.6. The molecule has 0 aliphatic carbocycles. The molecule has 2 aromatic rings. The second-order valence-electron chi connectivity index (χ2n) is 8.93. The second kappa shape index (κ2) is 10.8. The SMILES string of the molecule is CSN1CCC(CNC(=O)c2ccc3c(c2)CCCN3Cc2ccc(Cl)cc2C(F)(F)F)CC1. The zero-order valence-electron chi connectivity index (χ0n) is 19.1. The molecular weight excluding hydrogens is 483 g/mol. The minimum Gasteiger partial charge on any atom is -0.367 e. The number of benzene rings is 2. The molecule has 34 heavy (non-hydrogen) atoms. The van der Waals surface area contributed by atoms with Crippen molar-refractivity contribution in [2.24, 2.45) is 5.92 Å². The first-order valence-corrected chi connectivity index (χ1v) is 13.1. The van der Waals surface area contributed by atoms with Crippen molar-refractivity contribution in [3.05, 3.63) is 63.7 Å². The second-order valence-corrected chi connectivity index (χ2v) is 10.3. The molecule has 0 spiro atoms. The Kier molecular flexibility index (Phi) is 8.00. The lowest BCUT2D eigenvalue weighted by atomic mass is 9.96. The van der Waals surface area contributed by atoms with Gasteiger partial charge >= 0.3 is 6.18 Å². The van der Waals surface area contributed by atoms with E-state index in [1.165, 1.54) is 12.1 Å². The zero-order chi connectivity index (χ0) is 24.3. The van der Waals surface area contributed by atoms with Gasteiger partial charge in [0.15, 0.2) is 0 Å². The van der Waals surface area contributed by atoms with Crippen LogP contribution in [0.4, 0.5) is 18.9 Å². The minimum atomic E-state index is -4.47. The number of hydrogen-bond acceptors (Lipinski definition) is 4. The van der Waals surface area contributed by atoms with Crippen molar-refractivity contribution in [3.8, 4) is 0 Å². The summed E-state index contributed by atoms with van der Waals surface area (Å²) >= 11 is 7.59. The van der Waals surface area contributed by atoms with E-state index in [1.54, 1.807) is 18.0 Å². The van der Waals surface area contributed by atoms with Gasteiger partial charge < -0.3 is 10.2 Å². The fourth-order valence-electron chi connectivity index (χ4n) is 4.77. The van der Waals surface area contributed by atoms with Crippen molar-refractivity contribution in [1.82, 2.24) is 9.62 Å². The molecule has 1 fully saturated rings. The van der Waals surface area contributed by atoms with Crippen LogP contribution >= 0.6 is 23.5 Å². The van der Waals surface area contributed by atoms with E-state index in [0.29, 0.717) is 24.6 Å². The molecule has 0 bridgehead atoms. The molecule has 0 atom stereocenters. The first-order chi connectivity index (χ1) is 16.2. The third-order valence-corrected chi connectivity index (χ3v) is 7.79. The van der Waals surface area contributed by atoms with E-state index < -0.39 is 11.7 Å². The summed E-state index contributed by atoms with van der Waals surface area (Å²) in [5, 5.41) is 3.14. The Morgan fingerprint density at radius 1 is 1.15 bits per heavy atom. The summed E-state index contributed by atoms with van der Waals surface area (Å²) in [6.45, 7) is 3.55. The van der Waals surface area contributed by atoms with E-state index >= 15 is 0 Å². The number of rotatable bonds is 6. The highest BCUT2D eigenvalue weighted by Crippen LogP contribution is 2.36. The maximum atomic E-state index is 13.5. The van der Waals surface area contributed by atoms with Gasteiger partial charge in [-0.3, -0.25) is 9.10 Å². The summed E-state index contributed by atoms with van der Waals surface area (Å²) in [6, 6.07) is 9.46. The fraction of sp³-hybridized carbons (Fsp3) is 0.480. The highest BCUT2D eigenvalue weighted by atomic mass is 35.5.